The summed E-state index contributed by atoms with van der Waals surface area (Å²) in [5.74, 6) is -0.0516. The van der Waals surface area contributed by atoms with Crippen molar-refractivity contribution in [3.8, 4) is 11.5 Å². The van der Waals surface area contributed by atoms with E-state index in [-0.39, 0.29) is 18.1 Å². The number of aliphatic hydroxyl groups is 4. The van der Waals surface area contributed by atoms with Crippen molar-refractivity contribution in [2.45, 2.75) is 38.7 Å². The van der Waals surface area contributed by atoms with Crippen LogP contribution in [0.4, 0.5) is 0 Å². The highest BCUT2D eigenvalue weighted by molar-refractivity contribution is 5.81. The fraction of sp³-hybridized carbons (Fsp3) is 0.412. The van der Waals surface area contributed by atoms with E-state index < -0.39 is 36.2 Å². The average Bonchev–Trinajstić information content (AvgIpc) is 2.70. The molecule has 0 saturated heterocycles. The molecule has 0 saturated carbocycles. The van der Waals surface area contributed by atoms with Crippen molar-refractivity contribution in [3.63, 3.8) is 0 Å². The average molecular weight is 408 g/mol. The van der Waals surface area contributed by atoms with E-state index in [2.05, 4.69) is 15.0 Å². The van der Waals surface area contributed by atoms with Gasteiger partial charge in [0.05, 0.1) is 24.2 Å². The van der Waals surface area contributed by atoms with Crippen molar-refractivity contribution >= 4 is 11.0 Å². The minimum atomic E-state index is -1.64. The number of aromatic amines is 1. The molecule has 0 spiro atoms. The largest absolute Gasteiger partial charge is 0.394 e. The highest BCUT2D eigenvalue weighted by atomic mass is 16.7. The number of aromatic nitrogens is 4. The second kappa shape index (κ2) is 8.96. The van der Waals surface area contributed by atoms with Gasteiger partial charge in [-0.3, -0.25) is 9.78 Å². The number of benzene rings is 1. The molecule has 156 valence electrons. The molecular weight excluding hydrogens is 388 g/mol. The minimum absolute atomic E-state index is 0.0516. The first-order valence-electron chi connectivity index (χ1n) is 8.46. The number of nitrogens with one attached hydrogen (secondary N) is 1. The summed E-state index contributed by atoms with van der Waals surface area (Å²) < 4.78 is 1.40. The van der Waals surface area contributed by atoms with E-state index in [0.717, 1.165) is 11.1 Å². The van der Waals surface area contributed by atoms with Crippen LogP contribution in [0.5, 0.6) is 0 Å². The van der Waals surface area contributed by atoms with Crippen molar-refractivity contribution in [3.05, 3.63) is 54.0 Å². The normalized spacial score (nSPS) is 14.3. The lowest BCUT2D eigenvalue weighted by molar-refractivity contribution is -0.0802. The third-order valence-corrected chi connectivity index (χ3v) is 4.57. The van der Waals surface area contributed by atoms with Gasteiger partial charge in [0.15, 0.2) is 11.5 Å². The Morgan fingerprint density at radius 3 is 2.28 bits per heavy atom. The first-order chi connectivity index (χ1) is 13.7. The van der Waals surface area contributed by atoms with Gasteiger partial charge < -0.3 is 25.0 Å². The summed E-state index contributed by atoms with van der Waals surface area (Å²) >= 11 is 0. The maximum absolute atomic E-state index is 12.2. The quantitative estimate of drug-likeness (QED) is 0.305. The van der Waals surface area contributed by atoms with Crippen LogP contribution in [-0.4, -0.2) is 64.9 Å². The second-order valence-electron chi connectivity index (χ2n) is 6.50. The van der Waals surface area contributed by atoms with Gasteiger partial charge in [-0.05, 0) is 37.1 Å². The van der Waals surface area contributed by atoms with E-state index in [9.17, 15) is 24.9 Å². The Balaban J connectivity index is 0.00000145. The molecule has 12 nitrogen and oxygen atoms in total. The van der Waals surface area contributed by atoms with Gasteiger partial charge in [-0.1, -0.05) is 0 Å². The summed E-state index contributed by atoms with van der Waals surface area (Å²) in [4.78, 5) is 48.0. The van der Waals surface area contributed by atoms with Gasteiger partial charge in [0.2, 0.25) is 0 Å². The molecule has 1 aromatic carbocycles. The van der Waals surface area contributed by atoms with Crippen molar-refractivity contribution in [1.29, 1.82) is 0 Å². The molecule has 2 aliphatic heterocycles. The van der Waals surface area contributed by atoms with Gasteiger partial charge in [-0.2, -0.15) is 4.98 Å². The Labute approximate surface area is 162 Å². The molecular formula is C17H20N4O8. The molecule has 2 heterocycles. The molecule has 2 aliphatic rings. The van der Waals surface area contributed by atoms with Crippen LogP contribution in [0.25, 0.3) is 22.6 Å². The number of aliphatic hydroxyl groups excluding tert-OH is 4. The van der Waals surface area contributed by atoms with Crippen LogP contribution in [0.15, 0.2) is 21.7 Å². The molecule has 0 amide bonds. The molecule has 0 aliphatic carbocycles. The van der Waals surface area contributed by atoms with Crippen LogP contribution in [0.2, 0.25) is 0 Å². The van der Waals surface area contributed by atoms with Crippen molar-refractivity contribution < 1.29 is 20.4 Å². The maximum Gasteiger partial charge on any atom is 0.349 e. The number of fused-ring (bicyclic) bond motifs is 2. The van der Waals surface area contributed by atoms with Gasteiger partial charge >= 0.3 is 5.69 Å². The summed E-state index contributed by atoms with van der Waals surface area (Å²) in [6.45, 7) is 2.73. The van der Waals surface area contributed by atoms with E-state index in [1.807, 2.05) is 13.8 Å². The van der Waals surface area contributed by atoms with Crippen molar-refractivity contribution in [2.24, 2.45) is 0 Å². The Morgan fingerprint density at radius 2 is 1.66 bits per heavy atom. The zero-order chi connectivity index (χ0) is 21.9. The zero-order valence-corrected chi connectivity index (χ0v) is 15.6. The molecule has 3 unspecified atom stereocenters. The first kappa shape index (κ1) is 22.2. The van der Waals surface area contributed by atoms with Crippen molar-refractivity contribution in [2.75, 3.05) is 6.61 Å². The van der Waals surface area contributed by atoms with Crippen LogP contribution in [0, 0.1) is 23.8 Å². The fourth-order valence-electron chi connectivity index (χ4n) is 2.89. The molecule has 12 heteroatoms. The van der Waals surface area contributed by atoms with Crippen LogP contribution < -0.4 is 11.2 Å². The summed E-state index contributed by atoms with van der Waals surface area (Å²) in [6, 6.07) is 3.53. The minimum Gasteiger partial charge on any atom is -0.394 e. The Kier molecular flexibility index (Phi) is 6.87. The van der Waals surface area contributed by atoms with Crippen LogP contribution in [-0.2, 0) is 6.54 Å². The lowest BCUT2D eigenvalue weighted by Crippen LogP contribution is -2.42. The molecule has 0 aromatic heterocycles. The van der Waals surface area contributed by atoms with Gasteiger partial charge in [0, 0.05) is 9.93 Å². The SMILES string of the molecule is Cc1cc2nc3c(=O)[nH]c(=O)nc-3n(CC(O)C(O)C(O)CO)c2cc1C.O=O. The van der Waals surface area contributed by atoms with E-state index in [4.69, 9.17) is 15.0 Å². The molecule has 1 aromatic rings. The standard InChI is InChI=1S/C17H20N4O6.O2/c1-7-3-9-10(4-8(7)2)21(5-11(23)14(25)12(24)6-22)15-13(18-9)16(26)20-17(27)19-15;1-2/h3-4,11-12,14,22-25H,5-6H2,1-2H3,(H,20,26,27);. The third kappa shape index (κ3) is 4.35. The Morgan fingerprint density at radius 1 is 1.03 bits per heavy atom. The summed E-state index contributed by atoms with van der Waals surface area (Å²) in [5.41, 5.74) is 1.11. The van der Waals surface area contributed by atoms with E-state index in [1.54, 1.807) is 12.1 Å². The van der Waals surface area contributed by atoms with Gasteiger partial charge in [0.25, 0.3) is 5.56 Å². The number of rotatable bonds is 5. The summed E-state index contributed by atoms with van der Waals surface area (Å²) in [6.07, 6.45) is -4.68. The molecule has 3 atom stereocenters. The summed E-state index contributed by atoms with van der Waals surface area (Å²) in [7, 11) is 0. The van der Waals surface area contributed by atoms with Gasteiger partial charge in [0.1, 0.15) is 18.3 Å². The monoisotopic (exact) mass is 408 g/mol. The fourth-order valence-corrected chi connectivity index (χ4v) is 2.89. The summed E-state index contributed by atoms with van der Waals surface area (Å²) in [5, 5.41) is 38.8. The molecule has 5 N–H and O–H groups in total. The molecule has 0 radical (unpaired) electrons. The molecule has 0 bridgehead atoms. The van der Waals surface area contributed by atoms with Crippen LogP contribution in [0.1, 0.15) is 11.1 Å². The number of H-pyrrole nitrogens is 1. The Hall–Kier alpha value is -3.06. The Bertz CT molecular complexity index is 1100. The van der Waals surface area contributed by atoms with Crippen LogP contribution >= 0.6 is 0 Å². The predicted molar refractivity (Wildman–Crippen MR) is 102 cm³/mol. The smallest absolute Gasteiger partial charge is 0.349 e. The van der Waals surface area contributed by atoms with E-state index in [1.165, 1.54) is 4.57 Å². The number of hydrogen-bond acceptors (Lipinski definition) is 10. The predicted octanol–water partition coefficient (Wildman–Crippen LogP) is -1.66. The molecule has 0 fully saturated rings. The van der Waals surface area contributed by atoms with E-state index >= 15 is 0 Å². The van der Waals surface area contributed by atoms with E-state index in [0.29, 0.717) is 11.0 Å². The number of nitrogens with zero attached hydrogens (tertiary/aromatic N) is 3. The second-order valence-corrected chi connectivity index (χ2v) is 6.50. The maximum atomic E-state index is 12.2. The first-order valence-corrected chi connectivity index (χ1v) is 8.46. The van der Waals surface area contributed by atoms with Gasteiger partial charge in [-0.25, -0.2) is 9.78 Å². The lowest BCUT2D eigenvalue weighted by Gasteiger charge is -2.25. The zero-order valence-electron chi connectivity index (χ0n) is 15.6. The molecule has 29 heavy (non-hydrogen) atoms. The number of hydrogen-bond donors (Lipinski definition) is 5. The number of aryl methyl sites for hydroxylation is 2. The highest BCUT2D eigenvalue weighted by Crippen LogP contribution is 2.24. The van der Waals surface area contributed by atoms with Crippen LogP contribution in [0.3, 0.4) is 0 Å². The molecule has 3 rings (SSSR count). The lowest BCUT2D eigenvalue weighted by atomic mass is 10.1. The van der Waals surface area contributed by atoms with Gasteiger partial charge in [-0.15, -0.1) is 0 Å². The topological polar surface area (TPSA) is 196 Å². The van der Waals surface area contributed by atoms with Crippen molar-refractivity contribution in [1.82, 2.24) is 19.5 Å². The third-order valence-electron chi connectivity index (χ3n) is 4.57. The highest BCUT2D eigenvalue weighted by Gasteiger charge is 2.27.